The lowest BCUT2D eigenvalue weighted by atomic mass is 10.2. The maximum atomic E-state index is 13.2. The summed E-state index contributed by atoms with van der Waals surface area (Å²) in [6, 6.07) is 8.21. The largest absolute Gasteiger partial charge is 0.434 e. The van der Waals surface area contributed by atoms with Crippen LogP contribution in [-0.4, -0.2) is 6.61 Å². The molecule has 0 aliphatic heterocycles. The van der Waals surface area contributed by atoms with Crippen molar-refractivity contribution in [3.8, 4) is 5.75 Å². The van der Waals surface area contributed by atoms with E-state index < -0.39 is 12.4 Å². The van der Waals surface area contributed by atoms with Crippen LogP contribution < -0.4 is 10.1 Å². The topological polar surface area (TPSA) is 21.3 Å². The number of halogens is 5. The number of alkyl halides is 2. The van der Waals surface area contributed by atoms with Crippen LogP contribution in [0.5, 0.6) is 5.75 Å². The van der Waals surface area contributed by atoms with Crippen LogP contribution in [0.1, 0.15) is 5.56 Å². The van der Waals surface area contributed by atoms with E-state index in [9.17, 15) is 13.2 Å². The molecule has 0 saturated heterocycles. The molecule has 2 nitrogen and oxygen atoms in total. The predicted octanol–water partition coefficient (Wildman–Crippen LogP) is 5.35. The van der Waals surface area contributed by atoms with Gasteiger partial charge in [-0.3, -0.25) is 0 Å². The highest BCUT2D eigenvalue weighted by Gasteiger charge is 2.10. The first kappa shape index (κ1) is 15.8. The van der Waals surface area contributed by atoms with Crippen molar-refractivity contribution in [1.29, 1.82) is 0 Å². The van der Waals surface area contributed by atoms with Crippen LogP contribution in [0.3, 0.4) is 0 Å². The van der Waals surface area contributed by atoms with Gasteiger partial charge in [0.15, 0.2) is 0 Å². The highest BCUT2D eigenvalue weighted by Crippen LogP contribution is 2.26. The first-order valence-electron chi connectivity index (χ1n) is 5.87. The number of rotatable bonds is 5. The predicted molar refractivity (Wildman–Crippen MR) is 76.8 cm³/mol. The Hall–Kier alpha value is -1.59. The molecule has 0 radical (unpaired) electrons. The van der Waals surface area contributed by atoms with Crippen LogP contribution in [-0.2, 0) is 6.54 Å². The minimum Gasteiger partial charge on any atom is -0.434 e. The molecule has 1 N–H and O–H groups in total. The van der Waals surface area contributed by atoms with E-state index in [1.807, 2.05) is 0 Å². The van der Waals surface area contributed by atoms with Gasteiger partial charge in [0, 0.05) is 27.8 Å². The Morgan fingerprint density at radius 2 is 1.81 bits per heavy atom. The Balaban J connectivity index is 2.16. The Morgan fingerprint density at radius 3 is 2.48 bits per heavy atom. The molecule has 0 unspecified atom stereocenters. The zero-order chi connectivity index (χ0) is 15.4. The monoisotopic (exact) mass is 335 g/mol. The van der Waals surface area contributed by atoms with Gasteiger partial charge in [0.05, 0.1) is 0 Å². The van der Waals surface area contributed by atoms with Crippen molar-refractivity contribution >= 4 is 28.9 Å². The van der Waals surface area contributed by atoms with Crippen LogP contribution in [0, 0.1) is 5.82 Å². The fourth-order valence-corrected chi connectivity index (χ4v) is 2.17. The van der Waals surface area contributed by atoms with E-state index in [-0.39, 0.29) is 17.3 Å². The third kappa shape index (κ3) is 4.72. The molecule has 0 fully saturated rings. The Labute approximate surface area is 129 Å². The summed E-state index contributed by atoms with van der Waals surface area (Å²) in [5.74, 6) is -0.496. The Morgan fingerprint density at radius 1 is 1.05 bits per heavy atom. The van der Waals surface area contributed by atoms with Crippen LogP contribution in [0.4, 0.5) is 18.9 Å². The lowest BCUT2D eigenvalue weighted by Gasteiger charge is -2.13. The molecule has 0 atom stereocenters. The van der Waals surface area contributed by atoms with Crippen LogP contribution in [0.25, 0.3) is 0 Å². The molecule has 0 aromatic heterocycles. The molecule has 112 valence electrons. The fraction of sp³-hybridized carbons (Fsp3) is 0.143. The zero-order valence-corrected chi connectivity index (χ0v) is 12.1. The van der Waals surface area contributed by atoms with Crippen molar-refractivity contribution < 1.29 is 17.9 Å². The summed E-state index contributed by atoms with van der Waals surface area (Å²) in [7, 11) is 0. The average molecular weight is 336 g/mol. The standard InChI is InChI=1S/C14H10Cl2F3NO/c15-9-1-2-13(21-14(18)19)8(3-9)7-20-12-5-10(16)4-11(17)6-12/h1-6,14,20H,7H2. The number of ether oxygens (including phenoxy) is 1. The van der Waals surface area contributed by atoms with Gasteiger partial charge in [-0.05, 0) is 36.4 Å². The molecule has 0 heterocycles. The molecule has 0 aliphatic carbocycles. The maximum Gasteiger partial charge on any atom is 0.387 e. The van der Waals surface area contributed by atoms with Gasteiger partial charge in [0.25, 0.3) is 0 Å². The highest BCUT2D eigenvalue weighted by molar-refractivity contribution is 6.31. The molecular formula is C14H10Cl2F3NO. The second-order valence-electron chi connectivity index (χ2n) is 4.14. The van der Waals surface area contributed by atoms with E-state index in [1.54, 1.807) is 0 Å². The third-order valence-corrected chi connectivity index (χ3v) is 3.04. The minimum absolute atomic E-state index is 0.00407. The first-order valence-corrected chi connectivity index (χ1v) is 6.63. The van der Waals surface area contributed by atoms with Gasteiger partial charge in [0.1, 0.15) is 11.6 Å². The zero-order valence-electron chi connectivity index (χ0n) is 10.5. The molecule has 2 aromatic carbocycles. The van der Waals surface area contributed by atoms with E-state index in [4.69, 9.17) is 23.2 Å². The SMILES string of the molecule is Fc1cc(Cl)cc(NCc2cc(Cl)ccc2OC(F)F)c1. The summed E-state index contributed by atoms with van der Waals surface area (Å²) in [6.07, 6.45) is 0. The summed E-state index contributed by atoms with van der Waals surface area (Å²) in [4.78, 5) is 0. The van der Waals surface area contributed by atoms with E-state index in [1.165, 1.54) is 30.3 Å². The number of hydrogen-bond donors (Lipinski definition) is 1. The molecule has 21 heavy (non-hydrogen) atoms. The number of nitrogens with one attached hydrogen (secondary N) is 1. The number of hydrogen-bond acceptors (Lipinski definition) is 2. The van der Waals surface area contributed by atoms with Gasteiger partial charge < -0.3 is 10.1 Å². The minimum atomic E-state index is -2.94. The van der Waals surface area contributed by atoms with Gasteiger partial charge >= 0.3 is 6.61 Å². The quantitative estimate of drug-likeness (QED) is 0.795. The van der Waals surface area contributed by atoms with Crippen LogP contribution in [0.15, 0.2) is 36.4 Å². The first-order chi connectivity index (χ1) is 9.94. The second kappa shape index (κ2) is 6.91. The molecule has 2 rings (SSSR count). The van der Waals surface area contributed by atoms with Gasteiger partial charge in [0.2, 0.25) is 0 Å². The lowest BCUT2D eigenvalue weighted by molar-refractivity contribution is -0.0504. The van der Waals surface area contributed by atoms with Crippen molar-refractivity contribution in [2.45, 2.75) is 13.2 Å². The lowest BCUT2D eigenvalue weighted by Crippen LogP contribution is -2.07. The van der Waals surface area contributed by atoms with Crippen molar-refractivity contribution in [3.05, 3.63) is 57.8 Å². The molecule has 0 spiro atoms. The molecular weight excluding hydrogens is 326 g/mol. The van der Waals surface area contributed by atoms with Gasteiger partial charge in [-0.15, -0.1) is 0 Å². The van der Waals surface area contributed by atoms with Crippen molar-refractivity contribution in [2.75, 3.05) is 5.32 Å². The van der Waals surface area contributed by atoms with E-state index in [0.29, 0.717) is 16.3 Å². The second-order valence-corrected chi connectivity index (χ2v) is 5.02. The van der Waals surface area contributed by atoms with Gasteiger partial charge in [-0.25, -0.2) is 4.39 Å². The number of benzene rings is 2. The summed E-state index contributed by atoms with van der Waals surface area (Å²) in [5, 5.41) is 3.49. The molecule has 0 amide bonds. The maximum absolute atomic E-state index is 13.2. The van der Waals surface area contributed by atoms with Gasteiger partial charge in [-0.2, -0.15) is 8.78 Å². The highest BCUT2D eigenvalue weighted by atomic mass is 35.5. The van der Waals surface area contributed by atoms with E-state index in [0.717, 1.165) is 6.07 Å². The number of anilines is 1. The molecule has 0 bridgehead atoms. The normalized spacial score (nSPS) is 10.8. The smallest absolute Gasteiger partial charge is 0.387 e. The molecule has 7 heteroatoms. The van der Waals surface area contributed by atoms with Gasteiger partial charge in [-0.1, -0.05) is 23.2 Å². The Bertz CT molecular complexity index is 617. The van der Waals surface area contributed by atoms with E-state index in [2.05, 4.69) is 10.1 Å². The molecule has 0 saturated carbocycles. The third-order valence-electron chi connectivity index (χ3n) is 2.58. The summed E-state index contributed by atoms with van der Waals surface area (Å²) >= 11 is 11.6. The fourth-order valence-electron chi connectivity index (χ4n) is 1.75. The van der Waals surface area contributed by atoms with Crippen LogP contribution >= 0.6 is 23.2 Å². The Kier molecular flexibility index (Phi) is 5.20. The molecule has 2 aromatic rings. The summed E-state index contributed by atoms with van der Waals surface area (Å²) in [6.45, 7) is -2.81. The average Bonchev–Trinajstić information content (AvgIpc) is 2.37. The molecule has 0 aliphatic rings. The van der Waals surface area contributed by atoms with Crippen molar-refractivity contribution in [2.24, 2.45) is 0 Å². The van der Waals surface area contributed by atoms with Crippen LogP contribution in [0.2, 0.25) is 10.0 Å². The summed E-state index contributed by atoms with van der Waals surface area (Å²) < 4.78 is 42.3. The van der Waals surface area contributed by atoms with E-state index >= 15 is 0 Å². The van der Waals surface area contributed by atoms with Crippen molar-refractivity contribution in [3.63, 3.8) is 0 Å². The summed E-state index contributed by atoms with van der Waals surface area (Å²) in [5.41, 5.74) is 0.839. The van der Waals surface area contributed by atoms with Crippen molar-refractivity contribution in [1.82, 2.24) is 0 Å².